The van der Waals surface area contributed by atoms with E-state index in [9.17, 15) is 4.79 Å². The molecule has 9 heteroatoms. The van der Waals surface area contributed by atoms with Gasteiger partial charge in [0.1, 0.15) is 0 Å². The predicted molar refractivity (Wildman–Crippen MR) is 97.5 cm³/mol. The van der Waals surface area contributed by atoms with Crippen molar-refractivity contribution in [3.05, 3.63) is 41.7 Å². The number of amides is 1. The van der Waals surface area contributed by atoms with Gasteiger partial charge in [-0.15, -0.1) is 10.2 Å². The van der Waals surface area contributed by atoms with Gasteiger partial charge in [-0.3, -0.25) is 4.79 Å². The molecule has 134 valence electrons. The zero-order valence-electron chi connectivity index (χ0n) is 14.9. The molecule has 26 heavy (non-hydrogen) atoms. The number of anilines is 2. The van der Waals surface area contributed by atoms with Crippen molar-refractivity contribution < 1.29 is 4.79 Å². The van der Waals surface area contributed by atoms with Gasteiger partial charge in [-0.1, -0.05) is 12.1 Å². The summed E-state index contributed by atoms with van der Waals surface area (Å²) in [5.41, 5.74) is 3.25. The van der Waals surface area contributed by atoms with Crippen molar-refractivity contribution in [2.75, 3.05) is 17.2 Å². The molecular formula is C17H20N8O. The van der Waals surface area contributed by atoms with Crippen molar-refractivity contribution in [2.24, 2.45) is 7.05 Å². The first-order valence-electron chi connectivity index (χ1n) is 8.20. The average molecular weight is 352 g/mol. The molecule has 3 aromatic rings. The zero-order valence-corrected chi connectivity index (χ0v) is 14.9. The quantitative estimate of drug-likeness (QED) is 0.695. The van der Waals surface area contributed by atoms with Crippen LogP contribution in [0.2, 0.25) is 0 Å². The van der Waals surface area contributed by atoms with Crippen molar-refractivity contribution in [3.8, 4) is 11.4 Å². The second-order valence-electron chi connectivity index (χ2n) is 5.88. The van der Waals surface area contributed by atoms with Gasteiger partial charge in [0.15, 0.2) is 0 Å². The first-order valence-corrected chi connectivity index (χ1v) is 8.20. The molecule has 0 aliphatic carbocycles. The van der Waals surface area contributed by atoms with Crippen molar-refractivity contribution >= 4 is 17.5 Å². The molecule has 0 fully saturated rings. The Labute approximate surface area is 150 Å². The molecule has 0 atom stereocenters. The van der Waals surface area contributed by atoms with E-state index in [0.717, 1.165) is 17.0 Å². The molecule has 0 saturated carbocycles. The van der Waals surface area contributed by atoms with E-state index >= 15 is 0 Å². The molecule has 0 aliphatic heterocycles. The largest absolute Gasteiger partial charge is 0.354 e. The third kappa shape index (κ3) is 4.59. The van der Waals surface area contributed by atoms with Crippen LogP contribution in [0, 0.1) is 13.8 Å². The number of rotatable bonds is 6. The van der Waals surface area contributed by atoms with E-state index in [1.807, 2.05) is 44.2 Å². The molecule has 3 rings (SSSR count). The Balaban J connectivity index is 1.55. The van der Waals surface area contributed by atoms with E-state index in [1.165, 1.54) is 4.80 Å². The van der Waals surface area contributed by atoms with Crippen LogP contribution in [0.1, 0.15) is 17.8 Å². The standard InChI is InChI=1S/C17H20N8O/c1-11-9-12(2)20-17(19-11)18-8-7-15(26)21-14-6-4-5-13(10-14)16-22-24-25(3)23-16/h4-6,9-10H,7-8H2,1-3H3,(H,21,26)(H,18,19,20). The molecule has 0 bridgehead atoms. The van der Waals surface area contributed by atoms with Crippen LogP contribution in [0.25, 0.3) is 11.4 Å². The Kier molecular flexibility index (Phi) is 5.16. The third-order valence-corrected chi connectivity index (χ3v) is 3.53. The van der Waals surface area contributed by atoms with Gasteiger partial charge in [0, 0.05) is 35.6 Å². The van der Waals surface area contributed by atoms with Crippen LogP contribution in [0.5, 0.6) is 0 Å². The molecule has 2 N–H and O–H groups in total. The molecule has 0 spiro atoms. The Morgan fingerprint density at radius 1 is 1.15 bits per heavy atom. The lowest BCUT2D eigenvalue weighted by Gasteiger charge is -2.08. The number of hydrogen-bond acceptors (Lipinski definition) is 7. The maximum atomic E-state index is 12.1. The summed E-state index contributed by atoms with van der Waals surface area (Å²) in [5, 5.41) is 17.9. The first-order chi connectivity index (χ1) is 12.5. The molecule has 9 nitrogen and oxygen atoms in total. The van der Waals surface area contributed by atoms with Crippen molar-refractivity contribution in [1.82, 2.24) is 30.2 Å². The van der Waals surface area contributed by atoms with Crippen LogP contribution in [0.4, 0.5) is 11.6 Å². The summed E-state index contributed by atoms with van der Waals surface area (Å²) in [5.74, 6) is 0.939. The Morgan fingerprint density at radius 3 is 2.62 bits per heavy atom. The SMILES string of the molecule is Cc1cc(C)nc(NCCC(=O)Nc2cccc(-c3nnn(C)n3)c2)n1. The maximum Gasteiger partial charge on any atom is 0.226 e. The van der Waals surface area contributed by atoms with Crippen molar-refractivity contribution in [1.29, 1.82) is 0 Å². The summed E-state index contributed by atoms with van der Waals surface area (Å²) in [6.07, 6.45) is 0.296. The predicted octanol–water partition coefficient (Wildman–Crippen LogP) is 1.72. The second kappa shape index (κ2) is 7.68. The molecule has 0 unspecified atom stereocenters. The lowest BCUT2D eigenvalue weighted by atomic mass is 10.2. The highest BCUT2D eigenvalue weighted by atomic mass is 16.1. The smallest absolute Gasteiger partial charge is 0.226 e. The monoisotopic (exact) mass is 352 g/mol. The number of carbonyl (C=O) groups is 1. The third-order valence-electron chi connectivity index (χ3n) is 3.53. The lowest BCUT2D eigenvalue weighted by molar-refractivity contribution is -0.115. The van der Waals surface area contributed by atoms with Gasteiger partial charge >= 0.3 is 0 Å². The van der Waals surface area contributed by atoms with E-state index in [0.29, 0.717) is 30.4 Å². The van der Waals surface area contributed by atoms with E-state index in [4.69, 9.17) is 0 Å². The number of aryl methyl sites for hydroxylation is 3. The minimum absolute atomic E-state index is 0.105. The summed E-state index contributed by atoms with van der Waals surface area (Å²) in [4.78, 5) is 22.1. The number of nitrogens with one attached hydrogen (secondary N) is 2. The summed E-state index contributed by atoms with van der Waals surface area (Å²) in [6.45, 7) is 4.26. The fraction of sp³-hybridized carbons (Fsp3) is 0.294. The minimum Gasteiger partial charge on any atom is -0.354 e. The van der Waals surface area contributed by atoms with Gasteiger partial charge in [-0.25, -0.2) is 9.97 Å². The van der Waals surface area contributed by atoms with Crippen LogP contribution < -0.4 is 10.6 Å². The van der Waals surface area contributed by atoms with Crippen LogP contribution in [-0.4, -0.2) is 42.6 Å². The molecule has 1 aromatic carbocycles. The summed E-state index contributed by atoms with van der Waals surface area (Å²) >= 11 is 0. The summed E-state index contributed by atoms with van der Waals surface area (Å²) in [6, 6.07) is 9.24. The zero-order chi connectivity index (χ0) is 18.5. The average Bonchev–Trinajstić information content (AvgIpc) is 3.01. The first kappa shape index (κ1) is 17.5. The topological polar surface area (TPSA) is 111 Å². The second-order valence-corrected chi connectivity index (χ2v) is 5.88. The summed E-state index contributed by atoms with van der Waals surface area (Å²) in [7, 11) is 1.70. The lowest BCUT2D eigenvalue weighted by Crippen LogP contribution is -2.17. The minimum atomic E-state index is -0.105. The van der Waals surface area contributed by atoms with Gasteiger partial charge < -0.3 is 10.6 Å². The Bertz CT molecular complexity index is 900. The number of benzene rings is 1. The number of aromatic nitrogens is 6. The van der Waals surface area contributed by atoms with Crippen molar-refractivity contribution in [2.45, 2.75) is 20.3 Å². The molecule has 2 aromatic heterocycles. The number of nitrogens with zero attached hydrogens (tertiary/aromatic N) is 6. The number of carbonyl (C=O) groups excluding carboxylic acids is 1. The molecule has 0 aliphatic rings. The fourth-order valence-electron chi connectivity index (χ4n) is 2.45. The van der Waals surface area contributed by atoms with Crippen molar-refractivity contribution in [3.63, 3.8) is 0 Å². The summed E-state index contributed by atoms with van der Waals surface area (Å²) < 4.78 is 0. The van der Waals surface area contributed by atoms with Gasteiger partial charge in [0.2, 0.25) is 17.7 Å². The maximum absolute atomic E-state index is 12.1. The van der Waals surface area contributed by atoms with E-state index in [2.05, 4.69) is 36.0 Å². The molecular weight excluding hydrogens is 332 g/mol. The van der Waals surface area contributed by atoms with Gasteiger partial charge in [-0.05, 0) is 37.3 Å². The van der Waals surface area contributed by atoms with Crippen LogP contribution >= 0.6 is 0 Å². The van der Waals surface area contributed by atoms with E-state index in [-0.39, 0.29) is 5.91 Å². The fourth-order valence-corrected chi connectivity index (χ4v) is 2.45. The van der Waals surface area contributed by atoms with Gasteiger partial charge in [-0.2, -0.15) is 4.80 Å². The van der Waals surface area contributed by atoms with Crippen LogP contribution in [0.15, 0.2) is 30.3 Å². The number of hydrogen-bond donors (Lipinski definition) is 2. The Hall–Kier alpha value is -3.36. The van der Waals surface area contributed by atoms with Gasteiger partial charge in [0.05, 0.1) is 7.05 Å². The highest BCUT2D eigenvalue weighted by Gasteiger charge is 2.08. The Morgan fingerprint density at radius 2 is 1.92 bits per heavy atom. The highest BCUT2D eigenvalue weighted by molar-refractivity contribution is 5.91. The van der Waals surface area contributed by atoms with Crippen LogP contribution in [0.3, 0.4) is 0 Å². The van der Waals surface area contributed by atoms with Gasteiger partial charge in [0.25, 0.3) is 0 Å². The number of tetrazole rings is 1. The highest BCUT2D eigenvalue weighted by Crippen LogP contribution is 2.18. The molecule has 2 heterocycles. The molecule has 1 amide bonds. The van der Waals surface area contributed by atoms with E-state index < -0.39 is 0 Å². The molecule has 0 saturated heterocycles. The van der Waals surface area contributed by atoms with E-state index in [1.54, 1.807) is 7.05 Å². The molecule has 0 radical (unpaired) electrons. The van der Waals surface area contributed by atoms with Crippen LogP contribution in [-0.2, 0) is 11.8 Å². The normalized spacial score (nSPS) is 10.6.